The van der Waals surface area contributed by atoms with Crippen LogP contribution in [0.4, 0.5) is 0 Å². The molecule has 3 aliphatic heterocycles. The van der Waals surface area contributed by atoms with Crippen LogP contribution >= 0.6 is 0 Å². The molecule has 0 unspecified atom stereocenters. The van der Waals surface area contributed by atoms with Crippen LogP contribution in [0.5, 0.6) is 0 Å². The van der Waals surface area contributed by atoms with Gasteiger partial charge in [0, 0.05) is 13.8 Å². The number of cyclic esters (lactones) is 2. The lowest BCUT2D eigenvalue weighted by atomic mass is 9.53. The van der Waals surface area contributed by atoms with Crippen molar-refractivity contribution in [3.05, 3.63) is 0 Å². The molecule has 2 aliphatic carbocycles. The molecule has 5 aliphatic rings. The lowest BCUT2D eigenvalue weighted by molar-refractivity contribution is -0.227. The average molecular weight is 530 g/mol. The Kier molecular flexibility index (Phi) is 8.10. The highest BCUT2D eigenvalue weighted by atomic mass is 16.6. The van der Waals surface area contributed by atoms with Gasteiger partial charge in [-0.15, -0.1) is 0 Å². The van der Waals surface area contributed by atoms with Crippen LogP contribution in [0.25, 0.3) is 0 Å². The number of carbonyl (C=O) groups excluding carboxylic acids is 6. The number of carbonyl (C=O) groups is 10. The maximum absolute atomic E-state index is 11.1. The Balaban J connectivity index is 0.000000210. The molecule has 5 fully saturated rings. The number of carboxylic acid groups (broad SMARTS) is 4. The van der Waals surface area contributed by atoms with Gasteiger partial charge in [-0.25, -0.2) is 0 Å². The molecule has 0 atom stereocenters. The van der Waals surface area contributed by atoms with Gasteiger partial charge in [0.15, 0.2) is 0 Å². The molecule has 17 nitrogen and oxygen atoms in total. The first-order chi connectivity index (χ1) is 17.0. The van der Waals surface area contributed by atoms with Gasteiger partial charge in [-0.3, -0.25) is 47.9 Å². The van der Waals surface area contributed by atoms with Crippen molar-refractivity contribution in [3.63, 3.8) is 0 Å². The second-order valence-corrected chi connectivity index (χ2v) is 8.12. The zero-order valence-electron chi connectivity index (χ0n) is 18.7. The van der Waals surface area contributed by atoms with Gasteiger partial charge in [0.1, 0.15) is 0 Å². The summed E-state index contributed by atoms with van der Waals surface area (Å²) < 4.78 is 12.7. The van der Waals surface area contributed by atoms with E-state index in [-0.39, 0.29) is 0 Å². The molecule has 3 saturated heterocycles. The molecule has 0 aromatic heterocycles. The fourth-order valence-corrected chi connectivity index (χ4v) is 4.57. The van der Waals surface area contributed by atoms with Crippen LogP contribution in [0, 0.1) is 47.3 Å². The van der Waals surface area contributed by atoms with Gasteiger partial charge in [0.05, 0.1) is 47.3 Å². The van der Waals surface area contributed by atoms with Gasteiger partial charge in [-0.2, -0.15) is 0 Å². The first-order valence-electron chi connectivity index (χ1n) is 10.1. The van der Waals surface area contributed by atoms with E-state index in [0.717, 1.165) is 0 Å². The topological polar surface area (TPSA) is 279 Å². The third-order valence-corrected chi connectivity index (χ3v) is 6.01. The van der Waals surface area contributed by atoms with E-state index in [1.54, 1.807) is 0 Å². The summed E-state index contributed by atoms with van der Waals surface area (Å²) in [6.45, 7) is 2.36. The predicted octanol–water partition coefficient (Wildman–Crippen LogP) is -2.47. The van der Waals surface area contributed by atoms with E-state index >= 15 is 0 Å². The zero-order valence-corrected chi connectivity index (χ0v) is 18.7. The van der Waals surface area contributed by atoms with Crippen LogP contribution in [0.1, 0.15) is 13.8 Å². The summed E-state index contributed by atoms with van der Waals surface area (Å²) in [6, 6.07) is 0. The third-order valence-electron chi connectivity index (χ3n) is 6.01. The number of fused-ring (bicyclic) bond motifs is 2. The molecule has 17 heteroatoms. The molecule has 5 rings (SSSR count). The number of carboxylic acids is 4. The number of ether oxygens (including phenoxy) is 3. The zero-order chi connectivity index (χ0) is 28.5. The Hall–Kier alpha value is -4.70. The monoisotopic (exact) mass is 530 g/mol. The standard InChI is InChI=1S/C8H8O8.C8H4O6.C4H6O3/c9-5(10)1-2(6(11)12)4(8(15)16)3(1)7(13)14;9-5-1-2-4(8(12)13-5)3(1)7(11)14-6(2)10;1-3(5)7-4(2)6/h1-4H,(H,9,10)(H,11,12)(H,13,14)(H,15,16);1-4H;1-2H3. The number of hydrogen-bond donors (Lipinski definition) is 4. The highest BCUT2D eigenvalue weighted by Crippen LogP contribution is 2.55. The summed E-state index contributed by atoms with van der Waals surface area (Å²) in [5, 5.41) is 34.6. The molecule has 0 radical (unpaired) electrons. The van der Waals surface area contributed by atoms with Crippen LogP contribution in [0.15, 0.2) is 0 Å². The van der Waals surface area contributed by atoms with Crippen LogP contribution in [-0.2, 0) is 62.2 Å². The summed E-state index contributed by atoms with van der Waals surface area (Å²) in [6.07, 6.45) is 0. The molecule has 0 spiro atoms. The Morgan fingerprint density at radius 2 is 0.703 bits per heavy atom. The van der Waals surface area contributed by atoms with E-state index < -0.39 is 107 Å². The fraction of sp³-hybridized carbons (Fsp3) is 0.500. The van der Waals surface area contributed by atoms with Gasteiger partial charge in [0.25, 0.3) is 0 Å². The van der Waals surface area contributed by atoms with E-state index in [4.69, 9.17) is 20.4 Å². The van der Waals surface area contributed by atoms with Gasteiger partial charge < -0.3 is 34.6 Å². The SMILES string of the molecule is CC(=O)OC(C)=O.O=C(O)C1C(C(=O)O)C(C(=O)O)C1C(=O)O.O=C1OC(=O)C2C3C(=O)OC(=O)C2C13. The first-order valence-corrected chi connectivity index (χ1v) is 10.1. The lowest BCUT2D eigenvalue weighted by Gasteiger charge is -2.51. The molecule has 37 heavy (non-hydrogen) atoms. The van der Waals surface area contributed by atoms with E-state index in [2.05, 4.69) is 14.2 Å². The first kappa shape index (κ1) is 28.5. The summed E-state index contributed by atoms with van der Waals surface area (Å²) in [5.41, 5.74) is 0. The highest BCUT2D eigenvalue weighted by molar-refractivity contribution is 6.10. The van der Waals surface area contributed by atoms with Crippen LogP contribution in [0.2, 0.25) is 0 Å². The number of esters is 6. The van der Waals surface area contributed by atoms with Crippen molar-refractivity contribution in [3.8, 4) is 0 Å². The molecule has 4 bridgehead atoms. The smallest absolute Gasteiger partial charge is 0.318 e. The molecule has 0 aromatic carbocycles. The van der Waals surface area contributed by atoms with Crippen LogP contribution in [-0.4, -0.2) is 80.1 Å². The third kappa shape index (κ3) is 5.29. The largest absolute Gasteiger partial charge is 0.481 e. The molecule has 200 valence electrons. The van der Waals surface area contributed by atoms with Gasteiger partial charge in [-0.1, -0.05) is 0 Å². The van der Waals surface area contributed by atoms with Gasteiger partial charge in [0.2, 0.25) is 0 Å². The highest BCUT2D eigenvalue weighted by Gasteiger charge is 2.72. The minimum Gasteiger partial charge on any atom is -0.481 e. The fourth-order valence-electron chi connectivity index (χ4n) is 4.57. The normalized spacial score (nSPS) is 32.2. The van der Waals surface area contributed by atoms with Gasteiger partial charge in [-0.05, 0) is 0 Å². The average Bonchev–Trinajstić information content (AvgIpc) is 2.63. The maximum Gasteiger partial charge on any atom is 0.318 e. The van der Waals surface area contributed by atoms with Crippen molar-refractivity contribution in [1.29, 1.82) is 0 Å². The lowest BCUT2D eigenvalue weighted by Crippen LogP contribution is -2.69. The second kappa shape index (κ2) is 10.5. The quantitative estimate of drug-likeness (QED) is 0.166. The molecular formula is C20H18O17. The van der Waals surface area contributed by atoms with Crippen molar-refractivity contribution in [2.24, 2.45) is 47.3 Å². The van der Waals surface area contributed by atoms with Crippen molar-refractivity contribution >= 4 is 59.7 Å². The van der Waals surface area contributed by atoms with Crippen molar-refractivity contribution in [2.75, 3.05) is 0 Å². The number of aliphatic carboxylic acids is 4. The van der Waals surface area contributed by atoms with Crippen molar-refractivity contribution in [1.82, 2.24) is 0 Å². The summed E-state index contributed by atoms with van der Waals surface area (Å²) in [5.74, 6) is -20.6. The molecular weight excluding hydrogens is 512 g/mol. The number of hydrogen-bond acceptors (Lipinski definition) is 13. The van der Waals surface area contributed by atoms with Crippen molar-refractivity contribution in [2.45, 2.75) is 13.8 Å². The number of rotatable bonds is 4. The maximum atomic E-state index is 11.1. The van der Waals surface area contributed by atoms with E-state index in [0.29, 0.717) is 0 Å². The minimum atomic E-state index is -1.70. The molecule has 3 heterocycles. The van der Waals surface area contributed by atoms with E-state index in [1.165, 1.54) is 13.8 Å². The van der Waals surface area contributed by atoms with Crippen molar-refractivity contribution < 1.29 is 82.6 Å². The van der Waals surface area contributed by atoms with Crippen LogP contribution in [0.3, 0.4) is 0 Å². The Morgan fingerprint density at radius 3 is 0.811 bits per heavy atom. The Labute approximate surface area is 204 Å². The van der Waals surface area contributed by atoms with Gasteiger partial charge >= 0.3 is 59.7 Å². The summed E-state index contributed by atoms with van der Waals surface area (Å²) in [4.78, 5) is 107. The Bertz CT molecular complexity index is 944. The molecule has 0 amide bonds. The van der Waals surface area contributed by atoms with E-state index in [1.807, 2.05) is 0 Å². The molecule has 2 saturated carbocycles. The Morgan fingerprint density at radius 1 is 0.514 bits per heavy atom. The summed E-state index contributed by atoms with van der Waals surface area (Å²) >= 11 is 0. The van der Waals surface area contributed by atoms with E-state index in [9.17, 15) is 47.9 Å². The second-order valence-electron chi connectivity index (χ2n) is 8.12. The molecule has 0 aromatic rings. The molecule has 4 N–H and O–H groups in total. The minimum absolute atomic E-state index is 0.562. The summed E-state index contributed by atoms with van der Waals surface area (Å²) in [7, 11) is 0. The predicted molar refractivity (Wildman–Crippen MR) is 103 cm³/mol. The van der Waals surface area contributed by atoms with Crippen LogP contribution < -0.4 is 0 Å².